The standard InChI is InChI=1S/C13H16FN3O/c14-10-3-1-9(2-4-10)12-7-17-8-13(18)16-6-11(17)5-15-12/h1-4,11-12,15H,5-8H2,(H,16,18). The lowest BCUT2D eigenvalue weighted by Gasteiger charge is -2.42. The van der Waals surface area contributed by atoms with E-state index in [0.717, 1.165) is 18.7 Å². The van der Waals surface area contributed by atoms with Crippen LogP contribution in [0, 0.1) is 5.82 Å². The van der Waals surface area contributed by atoms with E-state index >= 15 is 0 Å². The van der Waals surface area contributed by atoms with E-state index in [0.29, 0.717) is 19.1 Å². The van der Waals surface area contributed by atoms with Gasteiger partial charge in [0.25, 0.3) is 0 Å². The molecule has 2 unspecified atom stereocenters. The van der Waals surface area contributed by atoms with Crippen LogP contribution in [0.2, 0.25) is 0 Å². The van der Waals surface area contributed by atoms with Crippen LogP contribution in [0.5, 0.6) is 0 Å². The molecule has 0 aliphatic carbocycles. The zero-order valence-corrected chi connectivity index (χ0v) is 10.0. The summed E-state index contributed by atoms with van der Waals surface area (Å²) in [6.45, 7) is 2.82. The fraction of sp³-hybridized carbons (Fsp3) is 0.462. The lowest BCUT2D eigenvalue weighted by atomic mass is 10.0. The number of hydrogen-bond donors (Lipinski definition) is 2. The van der Waals surface area contributed by atoms with Gasteiger partial charge in [0.05, 0.1) is 6.54 Å². The molecule has 18 heavy (non-hydrogen) atoms. The zero-order valence-electron chi connectivity index (χ0n) is 10.0. The van der Waals surface area contributed by atoms with Crippen molar-refractivity contribution in [3.05, 3.63) is 35.6 Å². The van der Waals surface area contributed by atoms with Gasteiger partial charge in [0.2, 0.25) is 5.91 Å². The Morgan fingerprint density at radius 1 is 1.22 bits per heavy atom. The van der Waals surface area contributed by atoms with Crippen LogP contribution in [0.1, 0.15) is 11.6 Å². The molecule has 2 aliphatic heterocycles. The minimum atomic E-state index is -0.218. The first-order valence-corrected chi connectivity index (χ1v) is 6.22. The molecule has 3 rings (SSSR count). The summed E-state index contributed by atoms with van der Waals surface area (Å²) in [6, 6.07) is 7.11. The first-order valence-electron chi connectivity index (χ1n) is 6.22. The Morgan fingerprint density at radius 2 is 2.00 bits per heavy atom. The van der Waals surface area contributed by atoms with Gasteiger partial charge in [-0.05, 0) is 17.7 Å². The molecule has 0 bridgehead atoms. The van der Waals surface area contributed by atoms with Gasteiger partial charge >= 0.3 is 0 Å². The van der Waals surface area contributed by atoms with Crippen LogP contribution in [0.15, 0.2) is 24.3 Å². The molecule has 4 nitrogen and oxygen atoms in total. The van der Waals surface area contributed by atoms with E-state index < -0.39 is 0 Å². The number of hydrogen-bond acceptors (Lipinski definition) is 3. The van der Waals surface area contributed by atoms with Crippen LogP contribution in [0.3, 0.4) is 0 Å². The fourth-order valence-corrected chi connectivity index (χ4v) is 2.64. The number of piperazine rings is 2. The van der Waals surface area contributed by atoms with Crippen molar-refractivity contribution in [3.8, 4) is 0 Å². The van der Waals surface area contributed by atoms with Crippen molar-refractivity contribution in [1.29, 1.82) is 0 Å². The van der Waals surface area contributed by atoms with Gasteiger partial charge < -0.3 is 10.6 Å². The lowest BCUT2D eigenvalue weighted by Crippen LogP contribution is -2.62. The molecule has 2 atom stereocenters. The van der Waals surface area contributed by atoms with Crippen molar-refractivity contribution in [2.24, 2.45) is 0 Å². The molecule has 0 radical (unpaired) electrons. The van der Waals surface area contributed by atoms with Gasteiger partial charge in [-0.25, -0.2) is 4.39 Å². The van der Waals surface area contributed by atoms with E-state index in [1.165, 1.54) is 12.1 Å². The quantitative estimate of drug-likeness (QED) is 0.751. The number of amides is 1. The predicted molar refractivity (Wildman–Crippen MR) is 65.5 cm³/mol. The van der Waals surface area contributed by atoms with Crippen LogP contribution < -0.4 is 10.6 Å². The van der Waals surface area contributed by atoms with Crippen molar-refractivity contribution in [1.82, 2.24) is 15.5 Å². The van der Waals surface area contributed by atoms with Crippen LogP contribution in [0.25, 0.3) is 0 Å². The summed E-state index contributed by atoms with van der Waals surface area (Å²) in [7, 11) is 0. The number of nitrogens with one attached hydrogen (secondary N) is 2. The molecule has 2 N–H and O–H groups in total. The van der Waals surface area contributed by atoms with Gasteiger partial charge in [0.15, 0.2) is 0 Å². The van der Waals surface area contributed by atoms with Crippen molar-refractivity contribution in [3.63, 3.8) is 0 Å². The van der Waals surface area contributed by atoms with Crippen molar-refractivity contribution >= 4 is 5.91 Å². The summed E-state index contributed by atoms with van der Waals surface area (Å²) in [5.41, 5.74) is 1.07. The maximum Gasteiger partial charge on any atom is 0.234 e. The van der Waals surface area contributed by atoms with Crippen LogP contribution in [-0.2, 0) is 4.79 Å². The second kappa shape index (κ2) is 4.66. The molecule has 0 aromatic heterocycles. The van der Waals surface area contributed by atoms with Gasteiger partial charge in [-0.1, -0.05) is 12.1 Å². The molecular formula is C13H16FN3O. The average Bonchev–Trinajstić information content (AvgIpc) is 2.38. The molecule has 0 spiro atoms. The summed E-state index contributed by atoms with van der Waals surface area (Å²) in [6.07, 6.45) is 0. The SMILES string of the molecule is O=C1CN2CC(c3ccc(F)cc3)NCC2CN1. The van der Waals surface area contributed by atoms with E-state index in [1.54, 1.807) is 12.1 Å². The highest BCUT2D eigenvalue weighted by atomic mass is 19.1. The number of halogens is 1. The Hall–Kier alpha value is -1.46. The minimum Gasteiger partial charge on any atom is -0.353 e. The summed E-state index contributed by atoms with van der Waals surface area (Å²) >= 11 is 0. The number of nitrogens with zero attached hydrogens (tertiary/aromatic N) is 1. The number of benzene rings is 1. The lowest BCUT2D eigenvalue weighted by molar-refractivity contribution is -0.126. The van der Waals surface area contributed by atoms with Crippen molar-refractivity contribution in [2.75, 3.05) is 26.2 Å². The van der Waals surface area contributed by atoms with E-state index in [1.807, 2.05) is 0 Å². The number of fused-ring (bicyclic) bond motifs is 1. The first kappa shape index (κ1) is 11.6. The second-order valence-electron chi connectivity index (χ2n) is 4.90. The minimum absolute atomic E-state index is 0.0889. The van der Waals surface area contributed by atoms with Crippen molar-refractivity contribution < 1.29 is 9.18 Å². The Morgan fingerprint density at radius 3 is 2.78 bits per heavy atom. The average molecular weight is 249 g/mol. The molecule has 0 saturated carbocycles. The largest absolute Gasteiger partial charge is 0.353 e. The summed E-state index contributed by atoms with van der Waals surface area (Å²) < 4.78 is 12.9. The molecule has 1 amide bonds. The fourth-order valence-electron chi connectivity index (χ4n) is 2.64. The molecule has 5 heteroatoms. The maximum atomic E-state index is 12.9. The molecule has 2 fully saturated rings. The topological polar surface area (TPSA) is 44.4 Å². The Labute approximate surface area is 105 Å². The molecular weight excluding hydrogens is 233 g/mol. The van der Waals surface area contributed by atoms with E-state index in [-0.39, 0.29) is 17.8 Å². The van der Waals surface area contributed by atoms with Gasteiger partial charge in [-0.3, -0.25) is 9.69 Å². The number of carbonyl (C=O) groups is 1. The highest BCUT2D eigenvalue weighted by Gasteiger charge is 2.32. The summed E-state index contributed by atoms with van der Waals surface area (Å²) in [4.78, 5) is 13.6. The Balaban J connectivity index is 1.72. The number of carbonyl (C=O) groups excluding carboxylic acids is 1. The Bertz CT molecular complexity index is 448. The third-order valence-electron chi connectivity index (χ3n) is 3.69. The second-order valence-corrected chi connectivity index (χ2v) is 4.90. The molecule has 1 aromatic rings. The molecule has 2 heterocycles. The smallest absolute Gasteiger partial charge is 0.234 e. The van der Waals surface area contributed by atoms with Crippen LogP contribution >= 0.6 is 0 Å². The molecule has 96 valence electrons. The van der Waals surface area contributed by atoms with E-state index in [2.05, 4.69) is 15.5 Å². The highest BCUT2D eigenvalue weighted by molar-refractivity contribution is 5.78. The first-order chi connectivity index (χ1) is 8.72. The monoisotopic (exact) mass is 249 g/mol. The van der Waals surface area contributed by atoms with Crippen molar-refractivity contribution in [2.45, 2.75) is 12.1 Å². The van der Waals surface area contributed by atoms with Crippen LogP contribution in [0.4, 0.5) is 4.39 Å². The normalized spacial score (nSPS) is 28.6. The summed E-state index contributed by atoms with van der Waals surface area (Å²) in [5, 5.41) is 6.33. The van der Waals surface area contributed by atoms with Gasteiger partial charge in [-0.15, -0.1) is 0 Å². The maximum absolute atomic E-state index is 12.9. The third kappa shape index (κ3) is 2.23. The molecule has 1 aromatic carbocycles. The predicted octanol–water partition coefficient (Wildman–Crippen LogP) is 0.270. The van der Waals surface area contributed by atoms with Gasteiger partial charge in [0.1, 0.15) is 5.82 Å². The summed E-state index contributed by atoms with van der Waals surface area (Å²) in [5.74, 6) is -0.129. The zero-order chi connectivity index (χ0) is 12.5. The van der Waals surface area contributed by atoms with Crippen LogP contribution in [-0.4, -0.2) is 43.0 Å². The third-order valence-corrected chi connectivity index (χ3v) is 3.69. The molecule has 2 aliphatic rings. The van der Waals surface area contributed by atoms with Gasteiger partial charge in [0, 0.05) is 31.7 Å². The molecule has 2 saturated heterocycles. The van der Waals surface area contributed by atoms with E-state index in [4.69, 9.17) is 0 Å². The van der Waals surface area contributed by atoms with Gasteiger partial charge in [-0.2, -0.15) is 0 Å². The van der Waals surface area contributed by atoms with E-state index in [9.17, 15) is 9.18 Å². The number of rotatable bonds is 1. The Kier molecular flexibility index (Phi) is 3.01. The highest BCUT2D eigenvalue weighted by Crippen LogP contribution is 2.21.